The molecular formula is C22H21ClN2O2. The molecule has 0 saturated heterocycles. The van der Waals surface area contributed by atoms with E-state index in [0.717, 1.165) is 40.4 Å². The number of allylic oxidation sites excluding steroid dienone is 1. The van der Waals surface area contributed by atoms with E-state index in [1.165, 1.54) is 11.1 Å². The van der Waals surface area contributed by atoms with E-state index in [4.69, 9.17) is 21.1 Å². The zero-order chi connectivity index (χ0) is 18.8. The van der Waals surface area contributed by atoms with Gasteiger partial charge in [-0.2, -0.15) is 0 Å². The summed E-state index contributed by atoms with van der Waals surface area (Å²) in [6.45, 7) is 2.78. The third-order valence-corrected chi connectivity index (χ3v) is 5.31. The molecule has 0 amide bonds. The van der Waals surface area contributed by atoms with Gasteiger partial charge in [0.25, 0.3) is 0 Å². The van der Waals surface area contributed by atoms with Crippen molar-refractivity contribution in [2.45, 2.75) is 13.3 Å². The quantitative estimate of drug-likeness (QED) is 0.573. The molecule has 2 aromatic carbocycles. The molecule has 0 N–H and O–H groups in total. The monoisotopic (exact) mass is 380 g/mol. The Balaban J connectivity index is 1.70. The fourth-order valence-electron chi connectivity index (χ4n) is 3.30. The molecule has 1 aromatic heterocycles. The summed E-state index contributed by atoms with van der Waals surface area (Å²) in [5.74, 6) is 2.28. The number of hydrogen-bond donors (Lipinski definition) is 0. The molecule has 5 heteroatoms. The molecule has 0 aliphatic carbocycles. The summed E-state index contributed by atoms with van der Waals surface area (Å²) in [5, 5.41) is 0. The molecular weight excluding hydrogens is 360 g/mol. The number of fused-ring (bicyclic) bond motifs is 1. The number of nitrogens with zero attached hydrogens (tertiary/aromatic N) is 2. The van der Waals surface area contributed by atoms with Crippen LogP contribution in [0.15, 0.2) is 60.6 Å². The number of imidazole rings is 1. The molecule has 4 rings (SSSR count). The highest BCUT2D eigenvalue weighted by Gasteiger charge is 2.16. The fraction of sp³-hybridized carbons (Fsp3) is 0.227. The molecule has 0 atom stereocenters. The third kappa shape index (κ3) is 3.45. The van der Waals surface area contributed by atoms with Gasteiger partial charge in [0.1, 0.15) is 11.5 Å². The van der Waals surface area contributed by atoms with Gasteiger partial charge in [0, 0.05) is 35.3 Å². The summed E-state index contributed by atoms with van der Waals surface area (Å²) in [6.07, 6.45) is 4.73. The summed E-state index contributed by atoms with van der Waals surface area (Å²) in [5.41, 5.74) is 6.54. The molecule has 0 radical (unpaired) electrons. The molecule has 0 bridgehead atoms. The maximum Gasteiger partial charge on any atom is 0.126 e. The summed E-state index contributed by atoms with van der Waals surface area (Å²) >= 11 is 6.13. The number of rotatable bonds is 4. The molecule has 4 nitrogen and oxygen atoms in total. The van der Waals surface area contributed by atoms with Crippen LogP contribution in [0, 0.1) is 0 Å². The number of halogens is 1. The molecule has 3 aromatic rings. The SMILES string of the molecule is COc1ccc(-c2cn(-c3ccc4c(c3)C(C)=C(CCl)CCO4)cn2)cc1. The molecule has 0 saturated carbocycles. The van der Waals surface area contributed by atoms with Crippen molar-refractivity contribution in [3.8, 4) is 28.4 Å². The Kier molecular flexibility index (Phi) is 4.90. The van der Waals surface area contributed by atoms with Gasteiger partial charge in [-0.3, -0.25) is 0 Å². The summed E-state index contributed by atoms with van der Waals surface area (Å²) in [6, 6.07) is 14.1. The lowest BCUT2D eigenvalue weighted by Crippen LogP contribution is -1.98. The van der Waals surface area contributed by atoms with Gasteiger partial charge in [-0.15, -0.1) is 11.6 Å². The second-order valence-corrected chi connectivity index (χ2v) is 6.80. The van der Waals surface area contributed by atoms with Crippen LogP contribution in [0.2, 0.25) is 0 Å². The van der Waals surface area contributed by atoms with Crippen molar-refractivity contribution in [2.24, 2.45) is 0 Å². The predicted octanol–water partition coefficient (Wildman–Crippen LogP) is 5.34. The van der Waals surface area contributed by atoms with Gasteiger partial charge in [0.15, 0.2) is 0 Å². The normalized spacial score (nSPS) is 13.7. The highest BCUT2D eigenvalue weighted by molar-refractivity contribution is 6.20. The Morgan fingerprint density at radius 1 is 1.19 bits per heavy atom. The fourth-order valence-corrected chi connectivity index (χ4v) is 3.64. The minimum absolute atomic E-state index is 0.533. The Morgan fingerprint density at radius 2 is 2.00 bits per heavy atom. The molecule has 0 unspecified atom stereocenters. The van der Waals surface area contributed by atoms with Crippen molar-refractivity contribution in [3.63, 3.8) is 0 Å². The van der Waals surface area contributed by atoms with Crippen LogP contribution in [0.4, 0.5) is 0 Å². The Hall–Kier alpha value is -2.72. The average molecular weight is 381 g/mol. The van der Waals surface area contributed by atoms with Gasteiger partial charge < -0.3 is 14.0 Å². The van der Waals surface area contributed by atoms with E-state index in [2.05, 4.69) is 24.0 Å². The van der Waals surface area contributed by atoms with Gasteiger partial charge in [-0.05, 0) is 60.5 Å². The first-order chi connectivity index (χ1) is 13.2. The van der Waals surface area contributed by atoms with Crippen LogP contribution >= 0.6 is 11.6 Å². The average Bonchev–Trinajstić information content (AvgIpc) is 3.15. The standard InChI is InChI=1S/C22H21ClN2O2/c1-15-17(12-23)9-10-27-22-8-5-18(11-20(15)22)25-13-21(24-14-25)16-3-6-19(26-2)7-4-16/h3-8,11,13-14H,9-10,12H2,1-2H3. The smallest absolute Gasteiger partial charge is 0.126 e. The Bertz CT molecular complexity index is 990. The van der Waals surface area contributed by atoms with E-state index in [1.807, 2.05) is 47.4 Å². The van der Waals surface area contributed by atoms with E-state index in [9.17, 15) is 0 Å². The molecule has 0 fully saturated rings. The van der Waals surface area contributed by atoms with Gasteiger partial charge >= 0.3 is 0 Å². The summed E-state index contributed by atoms with van der Waals surface area (Å²) < 4.78 is 13.1. The van der Waals surface area contributed by atoms with Gasteiger partial charge in [0.2, 0.25) is 0 Å². The minimum atomic E-state index is 0.533. The zero-order valence-electron chi connectivity index (χ0n) is 15.4. The lowest BCUT2D eigenvalue weighted by Gasteiger charge is -2.11. The van der Waals surface area contributed by atoms with Crippen molar-refractivity contribution in [1.29, 1.82) is 0 Å². The van der Waals surface area contributed by atoms with Crippen molar-refractivity contribution in [3.05, 3.63) is 66.1 Å². The number of alkyl halides is 1. The van der Waals surface area contributed by atoms with Crippen LogP contribution in [-0.4, -0.2) is 29.1 Å². The van der Waals surface area contributed by atoms with Crippen molar-refractivity contribution >= 4 is 17.2 Å². The molecule has 2 heterocycles. The summed E-state index contributed by atoms with van der Waals surface area (Å²) in [4.78, 5) is 4.56. The predicted molar refractivity (Wildman–Crippen MR) is 109 cm³/mol. The van der Waals surface area contributed by atoms with Crippen LogP contribution < -0.4 is 9.47 Å². The third-order valence-electron chi connectivity index (χ3n) is 4.99. The van der Waals surface area contributed by atoms with Crippen molar-refractivity contribution in [1.82, 2.24) is 9.55 Å². The lowest BCUT2D eigenvalue weighted by atomic mass is 10.00. The first-order valence-electron chi connectivity index (χ1n) is 8.90. The molecule has 1 aliphatic rings. The van der Waals surface area contributed by atoms with E-state index >= 15 is 0 Å². The van der Waals surface area contributed by atoms with Crippen LogP contribution in [0.5, 0.6) is 11.5 Å². The first-order valence-corrected chi connectivity index (χ1v) is 9.43. The lowest BCUT2D eigenvalue weighted by molar-refractivity contribution is 0.324. The largest absolute Gasteiger partial charge is 0.497 e. The highest BCUT2D eigenvalue weighted by Crippen LogP contribution is 2.34. The second kappa shape index (κ2) is 7.49. The molecule has 0 spiro atoms. The maximum absolute atomic E-state index is 6.13. The van der Waals surface area contributed by atoms with E-state index in [0.29, 0.717) is 12.5 Å². The maximum atomic E-state index is 6.13. The molecule has 1 aliphatic heterocycles. The van der Waals surface area contributed by atoms with Gasteiger partial charge in [0.05, 0.1) is 25.7 Å². The Morgan fingerprint density at radius 3 is 2.74 bits per heavy atom. The van der Waals surface area contributed by atoms with Gasteiger partial charge in [-0.1, -0.05) is 0 Å². The van der Waals surface area contributed by atoms with Gasteiger partial charge in [-0.25, -0.2) is 4.98 Å². The molecule has 138 valence electrons. The minimum Gasteiger partial charge on any atom is -0.497 e. The summed E-state index contributed by atoms with van der Waals surface area (Å²) in [7, 11) is 1.66. The highest BCUT2D eigenvalue weighted by atomic mass is 35.5. The number of aromatic nitrogens is 2. The van der Waals surface area contributed by atoms with Crippen LogP contribution in [0.3, 0.4) is 0 Å². The van der Waals surface area contributed by atoms with Crippen LogP contribution in [0.25, 0.3) is 22.5 Å². The second-order valence-electron chi connectivity index (χ2n) is 6.54. The van der Waals surface area contributed by atoms with Crippen LogP contribution in [0.1, 0.15) is 18.9 Å². The van der Waals surface area contributed by atoms with Crippen molar-refractivity contribution in [2.75, 3.05) is 19.6 Å². The first kappa shape index (κ1) is 17.7. The van der Waals surface area contributed by atoms with E-state index < -0.39 is 0 Å². The number of hydrogen-bond acceptors (Lipinski definition) is 3. The topological polar surface area (TPSA) is 36.3 Å². The van der Waals surface area contributed by atoms with Crippen LogP contribution in [-0.2, 0) is 0 Å². The number of benzene rings is 2. The Labute approximate surface area is 164 Å². The number of methoxy groups -OCH3 is 1. The molecule has 27 heavy (non-hydrogen) atoms. The number of ether oxygens (including phenoxy) is 2. The van der Waals surface area contributed by atoms with E-state index in [-0.39, 0.29) is 0 Å². The van der Waals surface area contributed by atoms with E-state index in [1.54, 1.807) is 7.11 Å². The zero-order valence-corrected chi connectivity index (χ0v) is 16.2. The van der Waals surface area contributed by atoms with Crippen molar-refractivity contribution < 1.29 is 9.47 Å².